The molecule has 0 bridgehead atoms. The minimum absolute atomic E-state index is 0.644. The van der Waals surface area contributed by atoms with Crippen LogP contribution in [0, 0.1) is 0 Å². The van der Waals surface area contributed by atoms with Crippen LogP contribution < -0.4 is 0 Å². The van der Waals surface area contributed by atoms with E-state index in [-0.39, 0.29) is 0 Å². The molecule has 0 spiro atoms. The standard InChI is InChI=1S/C32H64N2/c1-4-7-10-13-14-15-16-17-18-19-20-23-26-29-34-31-30-33(28-25-22-12-9-6-3)32(34)27-24-21-11-8-5-2/h30-32H,4-29H2,1-3H3. The van der Waals surface area contributed by atoms with Crippen LogP contribution in [0.5, 0.6) is 0 Å². The van der Waals surface area contributed by atoms with Crippen LogP contribution in [0.3, 0.4) is 0 Å². The van der Waals surface area contributed by atoms with E-state index in [1.807, 2.05) is 0 Å². The smallest absolute Gasteiger partial charge is 0.101 e. The summed E-state index contributed by atoms with van der Waals surface area (Å²) in [6.45, 7) is 9.46. The molecule has 0 fully saturated rings. The summed E-state index contributed by atoms with van der Waals surface area (Å²) in [6.07, 6.45) is 39.5. The molecule has 0 radical (unpaired) electrons. The lowest BCUT2D eigenvalue weighted by atomic mass is 10.0. The zero-order valence-electron chi connectivity index (χ0n) is 24.0. The van der Waals surface area contributed by atoms with Gasteiger partial charge in [0.15, 0.2) is 0 Å². The molecule has 1 heterocycles. The third-order valence-corrected chi connectivity index (χ3v) is 7.82. The Bertz CT molecular complexity index is 433. The molecule has 202 valence electrons. The Morgan fingerprint density at radius 2 is 0.676 bits per heavy atom. The van der Waals surface area contributed by atoms with Gasteiger partial charge in [-0.1, -0.05) is 149 Å². The monoisotopic (exact) mass is 477 g/mol. The number of nitrogens with zero attached hydrogens (tertiary/aromatic N) is 2. The van der Waals surface area contributed by atoms with Gasteiger partial charge in [-0.2, -0.15) is 0 Å². The van der Waals surface area contributed by atoms with E-state index in [1.165, 1.54) is 167 Å². The van der Waals surface area contributed by atoms with Crippen molar-refractivity contribution in [1.82, 2.24) is 9.80 Å². The minimum atomic E-state index is 0.644. The molecule has 0 saturated heterocycles. The molecule has 0 aromatic heterocycles. The summed E-state index contributed by atoms with van der Waals surface area (Å²) in [6, 6.07) is 0. The van der Waals surface area contributed by atoms with Gasteiger partial charge in [-0.05, 0) is 25.7 Å². The highest BCUT2D eigenvalue weighted by Gasteiger charge is 2.24. The minimum Gasteiger partial charge on any atom is -0.356 e. The van der Waals surface area contributed by atoms with Gasteiger partial charge in [0.25, 0.3) is 0 Å². The van der Waals surface area contributed by atoms with Crippen molar-refractivity contribution in [3.8, 4) is 0 Å². The predicted molar refractivity (Wildman–Crippen MR) is 154 cm³/mol. The largest absolute Gasteiger partial charge is 0.356 e. The molecule has 0 aromatic carbocycles. The quantitative estimate of drug-likeness (QED) is 0.114. The van der Waals surface area contributed by atoms with Crippen LogP contribution in [-0.2, 0) is 0 Å². The van der Waals surface area contributed by atoms with Gasteiger partial charge in [-0.15, -0.1) is 0 Å². The Hall–Kier alpha value is -0.660. The maximum Gasteiger partial charge on any atom is 0.101 e. The van der Waals surface area contributed by atoms with Gasteiger partial charge in [0.05, 0.1) is 0 Å². The van der Waals surface area contributed by atoms with E-state index in [1.54, 1.807) is 0 Å². The summed E-state index contributed by atoms with van der Waals surface area (Å²) in [5, 5.41) is 0. The number of hydrogen-bond acceptors (Lipinski definition) is 2. The Morgan fingerprint density at radius 3 is 1.03 bits per heavy atom. The molecule has 0 N–H and O–H groups in total. The summed E-state index contributed by atoms with van der Waals surface area (Å²) in [4.78, 5) is 5.36. The van der Waals surface area contributed by atoms with Crippen molar-refractivity contribution in [2.75, 3.05) is 13.1 Å². The van der Waals surface area contributed by atoms with Crippen molar-refractivity contribution >= 4 is 0 Å². The number of rotatable bonds is 26. The third-order valence-electron chi connectivity index (χ3n) is 7.82. The molecule has 0 aliphatic carbocycles. The molecule has 1 aliphatic rings. The van der Waals surface area contributed by atoms with Crippen molar-refractivity contribution in [2.24, 2.45) is 0 Å². The Kier molecular flexibility index (Phi) is 22.2. The second kappa shape index (κ2) is 24.1. The summed E-state index contributed by atoms with van der Waals surface area (Å²) < 4.78 is 0. The Labute approximate surface area is 216 Å². The molecule has 2 heteroatoms. The lowest BCUT2D eigenvalue weighted by Gasteiger charge is -2.33. The van der Waals surface area contributed by atoms with Crippen molar-refractivity contribution in [3.63, 3.8) is 0 Å². The molecular formula is C32H64N2. The SMILES string of the molecule is CCCCCCCCCCCCCCCN1C=CN(CCCCCCC)C1CCCCCCC. The van der Waals surface area contributed by atoms with E-state index in [4.69, 9.17) is 0 Å². The van der Waals surface area contributed by atoms with Crippen LogP contribution in [0.15, 0.2) is 12.4 Å². The van der Waals surface area contributed by atoms with Crippen molar-refractivity contribution in [3.05, 3.63) is 12.4 Å². The predicted octanol–water partition coefficient (Wildman–Crippen LogP) is 10.8. The highest BCUT2D eigenvalue weighted by Crippen LogP contribution is 2.23. The van der Waals surface area contributed by atoms with Crippen molar-refractivity contribution < 1.29 is 0 Å². The topological polar surface area (TPSA) is 6.48 Å². The molecule has 1 unspecified atom stereocenters. The molecule has 0 saturated carbocycles. The van der Waals surface area contributed by atoms with Gasteiger partial charge >= 0.3 is 0 Å². The number of hydrogen-bond donors (Lipinski definition) is 0. The van der Waals surface area contributed by atoms with E-state index in [9.17, 15) is 0 Å². The zero-order valence-corrected chi connectivity index (χ0v) is 24.0. The lowest BCUT2D eigenvalue weighted by molar-refractivity contribution is 0.135. The summed E-state index contributed by atoms with van der Waals surface area (Å²) in [7, 11) is 0. The molecule has 0 amide bonds. The van der Waals surface area contributed by atoms with Crippen molar-refractivity contribution in [2.45, 2.75) is 181 Å². The fourth-order valence-corrected chi connectivity index (χ4v) is 5.48. The average Bonchev–Trinajstić information content (AvgIpc) is 3.23. The van der Waals surface area contributed by atoms with Gasteiger partial charge in [0, 0.05) is 25.5 Å². The molecule has 1 atom stereocenters. The van der Waals surface area contributed by atoms with Crippen LogP contribution in [0.4, 0.5) is 0 Å². The maximum atomic E-state index is 2.68. The molecule has 1 aliphatic heterocycles. The molecule has 0 aromatic rings. The summed E-state index contributed by atoms with van der Waals surface area (Å²) in [5.41, 5.74) is 0. The Balaban J connectivity index is 2.14. The lowest BCUT2D eigenvalue weighted by Crippen LogP contribution is -2.39. The second-order valence-electron chi connectivity index (χ2n) is 11.1. The van der Waals surface area contributed by atoms with Gasteiger partial charge in [-0.25, -0.2) is 0 Å². The van der Waals surface area contributed by atoms with Crippen LogP contribution in [0.2, 0.25) is 0 Å². The first-order chi connectivity index (χ1) is 16.8. The normalized spacial score (nSPS) is 15.7. The van der Waals surface area contributed by atoms with Crippen LogP contribution in [0.25, 0.3) is 0 Å². The highest BCUT2D eigenvalue weighted by molar-refractivity contribution is 4.97. The van der Waals surface area contributed by atoms with Gasteiger partial charge in [-0.3, -0.25) is 0 Å². The fraction of sp³-hybridized carbons (Fsp3) is 0.938. The van der Waals surface area contributed by atoms with Crippen LogP contribution in [-0.4, -0.2) is 29.1 Å². The third kappa shape index (κ3) is 16.9. The van der Waals surface area contributed by atoms with E-state index in [0.717, 1.165) is 0 Å². The first-order valence-electron chi connectivity index (χ1n) is 16.0. The first kappa shape index (κ1) is 31.4. The van der Waals surface area contributed by atoms with Crippen LogP contribution in [0.1, 0.15) is 175 Å². The maximum absolute atomic E-state index is 2.68. The number of unbranched alkanes of at least 4 members (excludes halogenated alkanes) is 20. The molecule has 1 rings (SSSR count). The molecule has 2 nitrogen and oxygen atoms in total. The van der Waals surface area contributed by atoms with E-state index in [2.05, 4.69) is 43.0 Å². The van der Waals surface area contributed by atoms with E-state index >= 15 is 0 Å². The van der Waals surface area contributed by atoms with Gasteiger partial charge < -0.3 is 9.80 Å². The van der Waals surface area contributed by atoms with Crippen molar-refractivity contribution in [1.29, 1.82) is 0 Å². The fourth-order valence-electron chi connectivity index (χ4n) is 5.48. The zero-order chi connectivity index (χ0) is 24.5. The molecule has 34 heavy (non-hydrogen) atoms. The summed E-state index contributed by atoms with van der Waals surface area (Å²) in [5.74, 6) is 0. The summed E-state index contributed by atoms with van der Waals surface area (Å²) >= 11 is 0. The van der Waals surface area contributed by atoms with E-state index < -0.39 is 0 Å². The highest BCUT2D eigenvalue weighted by atomic mass is 15.4. The van der Waals surface area contributed by atoms with Gasteiger partial charge in [0.1, 0.15) is 6.17 Å². The first-order valence-corrected chi connectivity index (χ1v) is 16.0. The van der Waals surface area contributed by atoms with Crippen LogP contribution >= 0.6 is 0 Å². The Morgan fingerprint density at radius 1 is 0.382 bits per heavy atom. The second-order valence-corrected chi connectivity index (χ2v) is 11.1. The average molecular weight is 477 g/mol. The van der Waals surface area contributed by atoms with E-state index in [0.29, 0.717) is 6.17 Å². The van der Waals surface area contributed by atoms with Gasteiger partial charge in [0.2, 0.25) is 0 Å². The molecular weight excluding hydrogens is 412 g/mol.